The number of nitrogens with one attached hydrogen (secondary N) is 2. The van der Waals surface area contributed by atoms with Gasteiger partial charge < -0.3 is 10.6 Å². The van der Waals surface area contributed by atoms with Crippen LogP contribution in [0.4, 0.5) is 0 Å². The molecule has 1 aliphatic rings. The van der Waals surface area contributed by atoms with Gasteiger partial charge in [-0.05, 0) is 19.8 Å². The molecular weight excluding hydrogens is 355 g/mol. The van der Waals surface area contributed by atoms with Gasteiger partial charge in [-0.15, -0.1) is 24.0 Å². The highest BCUT2D eigenvalue weighted by Crippen LogP contribution is 2.08. The molecule has 106 valence electrons. The van der Waals surface area contributed by atoms with Crippen LogP contribution in [0.1, 0.15) is 25.6 Å². The highest BCUT2D eigenvalue weighted by molar-refractivity contribution is 14.0. The molecule has 7 heteroatoms. The van der Waals surface area contributed by atoms with E-state index in [0.29, 0.717) is 12.6 Å². The normalized spacial score (nSPS) is 15.4. The molecule has 0 fully saturated rings. The van der Waals surface area contributed by atoms with Crippen LogP contribution in [0.2, 0.25) is 0 Å². The summed E-state index contributed by atoms with van der Waals surface area (Å²) in [5.41, 5.74) is 0. The minimum Gasteiger partial charge on any atom is -0.357 e. The summed E-state index contributed by atoms with van der Waals surface area (Å²) in [6.45, 7) is 3.45. The predicted molar refractivity (Wildman–Crippen MR) is 86.5 cm³/mol. The van der Waals surface area contributed by atoms with E-state index in [1.165, 1.54) is 0 Å². The zero-order chi connectivity index (χ0) is 12.8. The number of hydrogen-bond donors (Lipinski definition) is 2. The zero-order valence-corrected chi connectivity index (χ0v) is 13.7. The number of nitrogens with zero attached hydrogens (tertiary/aromatic N) is 4. The predicted octanol–water partition coefficient (Wildman–Crippen LogP) is 1.21. The van der Waals surface area contributed by atoms with Gasteiger partial charge in [-0.25, -0.2) is 9.98 Å². The Morgan fingerprint density at radius 1 is 1.47 bits per heavy atom. The highest BCUT2D eigenvalue weighted by Gasteiger charge is 2.11. The van der Waals surface area contributed by atoms with Gasteiger partial charge in [-0.2, -0.15) is 5.10 Å². The summed E-state index contributed by atoms with van der Waals surface area (Å²) in [4.78, 5) is 8.68. The van der Waals surface area contributed by atoms with Gasteiger partial charge in [0.1, 0.15) is 18.7 Å². The van der Waals surface area contributed by atoms with Crippen molar-refractivity contribution in [1.29, 1.82) is 0 Å². The Labute approximate surface area is 130 Å². The zero-order valence-electron chi connectivity index (χ0n) is 11.3. The maximum absolute atomic E-state index is 4.52. The molecule has 1 aromatic heterocycles. The molecular formula is C12H21IN6. The second-order valence-electron chi connectivity index (χ2n) is 4.28. The fraction of sp³-hybridized carbons (Fsp3) is 0.583. The summed E-state index contributed by atoms with van der Waals surface area (Å²) >= 11 is 0. The van der Waals surface area contributed by atoms with E-state index in [4.69, 9.17) is 0 Å². The van der Waals surface area contributed by atoms with E-state index in [-0.39, 0.29) is 24.0 Å². The van der Waals surface area contributed by atoms with Crippen molar-refractivity contribution >= 4 is 29.9 Å². The van der Waals surface area contributed by atoms with Crippen molar-refractivity contribution in [2.75, 3.05) is 6.54 Å². The molecule has 1 aromatic rings. The van der Waals surface area contributed by atoms with Crippen molar-refractivity contribution in [3.05, 3.63) is 24.3 Å². The van der Waals surface area contributed by atoms with Crippen molar-refractivity contribution in [3.8, 4) is 0 Å². The average Bonchev–Trinajstić information content (AvgIpc) is 2.98. The first kappa shape index (κ1) is 15.9. The summed E-state index contributed by atoms with van der Waals surface area (Å²) in [6.07, 6.45) is 8.07. The molecule has 0 amide bonds. The fourth-order valence-corrected chi connectivity index (χ4v) is 1.86. The number of guanidine groups is 1. The first-order valence-electron chi connectivity index (χ1n) is 6.32. The van der Waals surface area contributed by atoms with Gasteiger partial charge >= 0.3 is 0 Å². The molecule has 0 spiro atoms. The molecule has 2 rings (SSSR count). The number of halogens is 1. The lowest BCUT2D eigenvalue weighted by Crippen LogP contribution is -2.42. The molecule has 0 unspecified atom stereocenters. The van der Waals surface area contributed by atoms with Gasteiger partial charge in [-0.3, -0.25) is 4.68 Å². The Balaban J connectivity index is 0.00000180. The number of aromatic nitrogens is 3. The number of aliphatic imine (C=N–C) groups is 1. The molecule has 0 saturated heterocycles. The summed E-state index contributed by atoms with van der Waals surface area (Å²) in [5, 5.41) is 10.7. The Morgan fingerprint density at radius 3 is 2.79 bits per heavy atom. The van der Waals surface area contributed by atoms with Crippen molar-refractivity contribution < 1.29 is 0 Å². The SMILES string of the molecule is CCNC(=NCc1ncnn1C)NC1CC=CC1.I. The van der Waals surface area contributed by atoms with Crippen LogP contribution in [0.15, 0.2) is 23.5 Å². The Hall–Kier alpha value is -1.12. The Morgan fingerprint density at radius 2 is 2.21 bits per heavy atom. The largest absolute Gasteiger partial charge is 0.357 e. The molecule has 0 saturated carbocycles. The monoisotopic (exact) mass is 376 g/mol. The number of aryl methyl sites for hydroxylation is 1. The third-order valence-electron chi connectivity index (χ3n) is 2.88. The minimum atomic E-state index is 0. The second-order valence-corrected chi connectivity index (χ2v) is 4.28. The molecule has 0 atom stereocenters. The standard InChI is InChI=1S/C12H20N6.HI/c1-3-13-12(17-10-6-4-5-7-10)14-8-11-15-9-16-18(11)2;/h4-5,9-10H,3,6-8H2,1-2H3,(H2,13,14,17);1H. The third-order valence-corrected chi connectivity index (χ3v) is 2.88. The Bertz CT molecular complexity index is 431. The molecule has 0 radical (unpaired) electrons. The van der Waals surface area contributed by atoms with Crippen LogP contribution in [0.5, 0.6) is 0 Å². The van der Waals surface area contributed by atoms with Crippen LogP contribution >= 0.6 is 24.0 Å². The molecule has 0 aromatic carbocycles. The second kappa shape index (κ2) is 8.13. The fourth-order valence-electron chi connectivity index (χ4n) is 1.86. The van der Waals surface area contributed by atoms with E-state index in [1.807, 2.05) is 7.05 Å². The van der Waals surface area contributed by atoms with Gasteiger partial charge in [-0.1, -0.05) is 12.2 Å². The summed E-state index contributed by atoms with van der Waals surface area (Å²) in [5.74, 6) is 1.70. The maximum Gasteiger partial charge on any atom is 0.191 e. The lowest BCUT2D eigenvalue weighted by atomic mass is 10.2. The van der Waals surface area contributed by atoms with Crippen molar-refractivity contribution in [2.45, 2.75) is 32.4 Å². The molecule has 1 aliphatic carbocycles. The van der Waals surface area contributed by atoms with E-state index in [0.717, 1.165) is 31.2 Å². The van der Waals surface area contributed by atoms with E-state index < -0.39 is 0 Å². The molecule has 19 heavy (non-hydrogen) atoms. The van der Waals surface area contributed by atoms with Gasteiger partial charge in [0.15, 0.2) is 5.96 Å². The van der Waals surface area contributed by atoms with Gasteiger partial charge in [0.25, 0.3) is 0 Å². The van der Waals surface area contributed by atoms with Crippen molar-refractivity contribution in [1.82, 2.24) is 25.4 Å². The van der Waals surface area contributed by atoms with Crippen LogP contribution in [-0.2, 0) is 13.6 Å². The lowest BCUT2D eigenvalue weighted by molar-refractivity contribution is 0.630. The first-order chi connectivity index (χ1) is 8.79. The van der Waals surface area contributed by atoms with E-state index >= 15 is 0 Å². The Kier molecular flexibility index (Phi) is 6.82. The van der Waals surface area contributed by atoms with Gasteiger partial charge in [0, 0.05) is 19.6 Å². The third kappa shape index (κ3) is 4.81. The topological polar surface area (TPSA) is 67.1 Å². The summed E-state index contributed by atoms with van der Waals surface area (Å²) in [7, 11) is 1.87. The van der Waals surface area contributed by atoms with E-state index in [9.17, 15) is 0 Å². The van der Waals surface area contributed by atoms with Crippen LogP contribution in [0, 0.1) is 0 Å². The van der Waals surface area contributed by atoms with Crippen LogP contribution < -0.4 is 10.6 Å². The molecule has 0 aliphatic heterocycles. The summed E-state index contributed by atoms with van der Waals surface area (Å²) < 4.78 is 1.74. The molecule has 2 N–H and O–H groups in total. The van der Waals surface area contributed by atoms with Crippen molar-refractivity contribution in [3.63, 3.8) is 0 Å². The van der Waals surface area contributed by atoms with Crippen molar-refractivity contribution in [2.24, 2.45) is 12.0 Å². The lowest BCUT2D eigenvalue weighted by Gasteiger charge is -2.16. The highest BCUT2D eigenvalue weighted by atomic mass is 127. The van der Waals surface area contributed by atoms with Gasteiger partial charge in [0.05, 0.1) is 0 Å². The number of hydrogen-bond acceptors (Lipinski definition) is 3. The van der Waals surface area contributed by atoms with Crippen LogP contribution in [-0.4, -0.2) is 33.3 Å². The molecule has 1 heterocycles. The quantitative estimate of drug-likeness (QED) is 0.359. The van der Waals surface area contributed by atoms with Gasteiger partial charge in [0.2, 0.25) is 0 Å². The molecule has 6 nitrogen and oxygen atoms in total. The smallest absolute Gasteiger partial charge is 0.191 e. The van der Waals surface area contributed by atoms with Crippen LogP contribution in [0.3, 0.4) is 0 Å². The first-order valence-corrected chi connectivity index (χ1v) is 6.32. The van der Waals surface area contributed by atoms with Crippen LogP contribution in [0.25, 0.3) is 0 Å². The minimum absolute atomic E-state index is 0. The maximum atomic E-state index is 4.52. The van der Waals surface area contributed by atoms with E-state index in [1.54, 1.807) is 11.0 Å². The number of rotatable bonds is 4. The van der Waals surface area contributed by atoms with E-state index in [2.05, 4.69) is 44.8 Å². The average molecular weight is 376 g/mol. The molecule has 0 bridgehead atoms. The summed E-state index contributed by atoms with van der Waals surface area (Å²) in [6, 6.07) is 0.460.